The van der Waals surface area contributed by atoms with E-state index in [-0.39, 0.29) is 18.9 Å². The molecule has 0 spiro atoms. The highest BCUT2D eigenvalue weighted by molar-refractivity contribution is 7.88. The normalized spacial score (nSPS) is 11.6. The first-order valence-corrected chi connectivity index (χ1v) is 9.04. The SMILES string of the molecule is CCCNC(=O)CCN(CCc1ccccc1)S(C)(=O)=O. The Kier molecular flexibility index (Phi) is 7.39. The lowest BCUT2D eigenvalue weighted by atomic mass is 10.1. The number of carbonyl (C=O) groups is 1. The summed E-state index contributed by atoms with van der Waals surface area (Å²) in [5.41, 5.74) is 1.08. The van der Waals surface area contributed by atoms with Crippen molar-refractivity contribution in [2.75, 3.05) is 25.9 Å². The number of nitrogens with one attached hydrogen (secondary N) is 1. The zero-order chi connectivity index (χ0) is 15.7. The fourth-order valence-electron chi connectivity index (χ4n) is 1.92. The molecule has 21 heavy (non-hydrogen) atoms. The number of carbonyl (C=O) groups excluding carboxylic acids is 1. The molecular formula is C15H24N2O3S. The molecule has 1 N–H and O–H groups in total. The fraction of sp³-hybridized carbons (Fsp3) is 0.533. The Hall–Kier alpha value is -1.40. The van der Waals surface area contributed by atoms with E-state index in [0.29, 0.717) is 19.5 Å². The lowest BCUT2D eigenvalue weighted by Crippen LogP contribution is -2.36. The van der Waals surface area contributed by atoms with Crippen LogP contribution in [0.2, 0.25) is 0 Å². The van der Waals surface area contributed by atoms with Gasteiger partial charge in [0.1, 0.15) is 0 Å². The molecule has 1 aromatic rings. The van der Waals surface area contributed by atoms with Crippen molar-refractivity contribution in [2.24, 2.45) is 0 Å². The summed E-state index contributed by atoms with van der Waals surface area (Å²) in [6.45, 7) is 3.22. The number of hydrogen-bond donors (Lipinski definition) is 1. The third kappa shape index (κ3) is 7.24. The molecule has 1 amide bonds. The zero-order valence-corrected chi connectivity index (χ0v) is 13.5. The maximum atomic E-state index is 11.8. The van der Waals surface area contributed by atoms with E-state index in [0.717, 1.165) is 12.0 Å². The maximum absolute atomic E-state index is 11.8. The minimum Gasteiger partial charge on any atom is -0.356 e. The first-order chi connectivity index (χ1) is 9.93. The third-order valence-corrected chi connectivity index (χ3v) is 4.43. The number of hydrogen-bond acceptors (Lipinski definition) is 3. The molecule has 0 aliphatic rings. The quantitative estimate of drug-likeness (QED) is 0.749. The molecule has 118 valence electrons. The van der Waals surface area contributed by atoms with Crippen LogP contribution in [-0.4, -0.2) is 44.5 Å². The van der Waals surface area contributed by atoms with Crippen LogP contribution in [0.4, 0.5) is 0 Å². The van der Waals surface area contributed by atoms with Gasteiger partial charge in [-0.1, -0.05) is 37.3 Å². The predicted octanol–water partition coefficient (Wildman–Crippen LogP) is 1.41. The second kappa shape index (κ2) is 8.79. The Balaban J connectivity index is 2.51. The number of nitrogens with zero attached hydrogens (tertiary/aromatic N) is 1. The summed E-state index contributed by atoms with van der Waals surface area (Å²) < 4.78 is 24.9. The van der Waals surface area contributed by atoms with Gasteiger partial charge in [0.05, 0.1) is 6.26 Å². The van der Waals surface area contributed by atoms with Crippen molar-refractivity contribution >= 4 is 15.9 Å². The highest BCUT2D eigenvalue weighted by atomic mass is 32.2. The smallest absolute Gasteiger partial charge is 0.221 e. The second-order valence-electron chi connectivity index (χ2n) is 5.00. The molecule has 0 fully saturated rings. The van der Waals surface area contributed by atoms with E-state index in [4.69, 9.17) is 0 Å². The van der Waals surface area contributed by atoms with Gasteiger partial charge in [-0.25, -0.2) is 12.7 Å². The van der Waals surface area contributed by atoms with Crippen LogP contribution in [0.15, 0.2) is 30.3 Å². The van der Waals surface area contributed by atoms with Gasteiger partial charge < -0.3 is 5.32 Å². The highest BCUT2D eigenvalue weighted by Gasteiger charge is 2.17. The summed E-state index contributed by atoms with van der Waals surface area (Å²) in [7, 11) is -3.30. The molecule has 0 saturated heterocycles. The van der Waals surface area contributed by atoms with Crippen LogP contribution < -0.4 is 5.32 Å². The number of sulfonamides is 1. The van der Waals surface area contributed by atoms with Gasteiger partial charge in [0.15, 0.2) is 0 Å². The minimum atomic E-state index is -3.30. The predicted molar refractivity (Wildman–Crippen MR) is 84.5 cm³/mol. The van der Waals surface area contributed by atoms with Gasteiger partial charge in [0.25, 0.3) is 0 Å². The average Bonchev–Trinajstić information content (AvgIpc) is 2.44. The van der Waals surface area contributed by atoms with Crippen LogP contribution in [-0.2, 0) is 21.2 Å². The van der Waals surface area contributed by atoms with Crippen LogP contribution >= 0.6 is 0 Å². The number of rotatable bonds is 9. The molecule has 5 nitrogen and oxygen atoms in total. The summed E-state index contributed by atoms with van der Waals surface area (Å²) in [4.78, 5) is 11.6. The Morgan fingerprint density at radius 2 is 1.86 bits per heavy atom. The number of amides is 1. The highest BCUT2D eigenvalue weighted by Crippen LogP contribution is 2.05. The van der Waals surface area contributed by atoms with Gasteiger partial charge in [-0.15, -0.1) is 0 Å². The van der Waals surface area contributed by atoms with Crippen molar-refractivity contribution < 1.29 is 13.2 Å². The molecule has 0 aliphatic heterocycles. The van der Waals surface area contributed by atoms with Crippen LogP contribution in [0.25, 0.3) is 0 Å². The van der Waals surface area contributed by atoms with E-state index in [2.05, 4.69) is 5.32 Å². The lowest BCUT2D eigenvalue weighted by molar-refractivity contribution is -0.121. The van der Waals surface area contributed by atoms with Gasteiger partial charge >= 0.3 is 0 Å². The van der Waals surface area contributed by atoms with Gasteiger partial charge in [-0.2, -0.15) is 0 Å². The Morgan fingerprint density at radius 1 is 1.19 bits per heavy atom. The van der Waals surface area contributed by atoms with E-state index in [1.165, 1.54) is 10.6 Å². The molecule has 1 aromatic carbocycles. The topological polar surface area (TPSA) is 66.5 Å². The fourth-order valence-corrected chi connectivity index (χ4v) is 2.77. The van der Waals surface area contributed by atoms with Crippen LogP contribution in [0, 0.1) is 0 Å². The molecule has 0 aliphatic carbocycles. The molecule has 0 saturated carbocycles. The van der Waals surface area contributed by atoms with Crippen LogP contribution in [0.3, 0.4) is 0 Å². The Morgan fingerprint density at radius 3 is 2.43 bits per heavy atom. The van der Waals surface area contributed by atoms with E-state index in [1.807, 2.05) is 37.3 Å². The summed E-state index contributed by atoms with van der Waals surface area (Å²) in [5, 5.41) is 2.75. The second-order valence-corrected chi connectivity index (χ2v) is 6.98. The van der Waals surface area contributed by atoms with Gasteiger partial charge in [-0.3, -0.25) is 4.79 Å². The average molecular weight is 312 g/mol. The van der Waals surface area contributed by atoms with Crippen LogP contribution in [0.5, 0.6) is 0 Å². The largest absolute Gasteiger partial charge is 0.356 e. The van der Waals surface area contributed by atoms with E-state index in [1.54, 1.807) is 0 Å². The zero-order valence-electron chi connectivity index (χ0n) is 12.7. The van der Waals surface area contributed by atoms with Gasteiger partial charge in [0.2, 0.25) is 15.9 Å². The monoisotopic (exact) mass is 312 g/mol. The molecule has 0 heterocycles. The minimum absolute atomic E-state index is 0.106. The standard InChI is InChI=1S/C15H24N2O3S/c1-3-11-16-15(18)10-13-17(21(2,19)20)12-9-14-7-5-4-6-8-14/h4-8H,3,9-13H2,1-2H3,(H,16,18). The summed E-state index contributed by atoms with van der Waals surface area (Å²) in [6, 6.07) is 9.72. The Bertz CT molecular complexity index is 529. The van der Waals surface area contributed by atoms with Crippen molar-refractivity contribution in [2.45, 2.75) is 26.2 Å². The van der Waals surface area contributed by atoms with Crippen molar-refractivity contribution in [3.05, 3.63) is 35.9 Å². The first kappa shape index (κ1) is 17.7. The molecular weight excluding hydrogens is 288 g/mol. The maximum Gasteiger partial charge on any atom is 0.221 e. The summed E-state index contributed by atoms with van der Waals surface area (Å²) >= 11 is 0. The van der Waals surface area contributed by atoms with Gasteiger partial charge in [0, 0.05) is 26.1 Å². The summed E-state index contributed by atoms with van der Waals surface area (Å²) in [5.74, 6) is -0.106. The van der Waals surface area contributed by atoms with Crippen molar-refractivity contribution in [1.82, 2.24) is 9.62 Å². The van der Waals surface area contributed by atoms with E-state index in [9.17, 15) is 13.2 Å². The van der Waals surface area contributed by atoms with Gasteiger partial charge in [-0.05, 0) is 18.4 Å². The molecule has 0 bridgehead atoms. The first-order valence-electron chi connectivity index (χ1n) is 7.19. The molecule has 6 heteroatoms. The molecule has 0 unspecified atom stereocenters. The Labute approximate surface area is 127 Å². The molecule has 0 radical (unpaired) electrons. The van der Waals surface area contributed by atoms with Crippen molar-refractivity contribution in [1.29, 1.82) is 0 Å². The molecule has 0 atom stereocenters. The lowest BCUT2D eigenvalue weighted by Gasteiger charge is -2.19. The summed E-state index contributed by atoms with van der Waals surface area (Å²) in [6.07, 6.45) is 2.89. The third-order valence-electron chi connectivity index (χ3n) is 3.12. The van der Waals surface area contributed by atoms with Crippen molar-refractivity contribution in [3.8, 4) is 0 Å². The molecule has 0 aromatic heterocycles. The van der Waals surface area contributed by atoms with E-state index < -0.39 is 10.0 Å². The molecule has 1 rings (SSSR count). The van der Waals surface area contributed by atoms with E-state index >= 15 is 0 Å². The van der Waals surface area contributed by atoms with Crippen LogP contribution in [0.1, 0.15) is 25.3 Å². The number of benzene rings is 1. The van der Waals surface area contributed by atoms with Crippen molar-refractivity contribution in [3.63, 3.8) is 0 Å².